The van der Waals surface area contributed by atoms with Crippen LogP contribution >= 0.6 is 0 Å². The molecule has 0 saturated carbocycles. The number of hydrogen-bond donors (Lipinski definition) is 2. The number of anilines is 1. The second-order valence-electron chi connectivity index (χ2n) is 4.63. The molecule has 2 N–H and O–H groups in total. The summed E-state index contributed by atoms with van der Waals surface area (Å²) in [5.41, 5.74) is 0.207. The molecule has 1 rings (SSSR count). The molecule has 1 aromatic heterocycles. The van der Waals surface area contributed by atoms with Gasteiger partial charge in [-0.05, 0) is 20.9 Å². The molecule has 0 radical (unpaired) electrons. The molecule has 1 heterocycles. The summed E-state index contributed by atoms with van der Waals surface area (Å²) in [7, 11) is 3.76. The first-order chi connectivity index (χ1) is 7.40. The Kier molecular flexibility index (Phi) is 4.20. The van der Waals surface area contributed by atoms with E-state index in [0.29, 0.717) is 13.1 Å². The molecule has 0 aliphatic carbocycles. The van der Waals surface area contributed by atoms with Crippen LogP contribution < -0.4 is 5.32 Å². The van der Waals surface area contributed by atoms with E-state index < -0.39 is 5.60 Å². The SMILES string of the molecule is CNc1cnc(CN(C)CC(C)(C)O)cn1. The van der Waals surface area contributed by atoms with E-state index in [1.54, 1.807) is 26.2 Å². The maximum absolute atomic E-state index is 9.66. The molecule has 0 aliphatic rings. The monoisotopic (exact) mass is 224 g/mol. The average molecular weight is 224 g/mol. The van der Waals surface area contributed by atoms with E-state index >= 15 is 0 Å². The first-order valence-electron chi connectivity index (χ1n) is 5.30. The molecule has 1 aromatic rings. The van der Waals surface area contributed by atoms with Gasteiger partial charge in [-0.25, -0.2) is 4.98 Å². The zero-order chi connectivity index (χ0) is 12.2. The van der Waals surface area contributed by atoms with E-state index in [1.807, 2.05) is 19.0 Å². The van der Waals surface area contributed by atoms with Gasteiger partial charge in [0.1, 0.15) is 5.82 Å². The molecular weight excluding hydrogens is 204 g/mol. The highest BCUT2D eigenvalue weighted by Crippen LogP contribution is 2.07. The van der Waals surface area contributed by atoms with Crippen LogP contribution in [0.5, 0.6) is 0 Å². The maximum atomic E-state index is 9.66. The Bertz CT molecular complexity index is 318. The fourth-order valence-corrected chi connectivity index (χ4v) is 1.56. The molecule has 0 amide bonds. The van der Waals surface area contributed by atoms with E-state index in [2.05, 4.69) is 15.3 Å². The van der Waals surface area contributed by atoms with E-state index in [4.69, 9.17) is 0 Å². The van der Waals surface area contributed by atoms with Crippen molar-refractivity contribution in [1.82, 2.24) is 14.9 Å². The number of nitrogens with zero attached hydrogens (tertiary/aromatic N) is 3. The van der Waals surface area contributed by atoms with Gasteiger partial charge in [0, 0.05) is 20.1 Å². The molecule has 0 unspecified atom stereocenters. The van der Waals surface area contributed by atoms with Gasteiger partial charge in [0.2, 0.25) is 0 Å². The summed E-state index contributed by atoms with van der Waals surface area (Å²) < 4.78 is 0. The van der Waals surface area contributed by atoms with Crippen molar-refractivity contribution >= 4 is 5.82 Å². The third kappa shape index (κ3) is 4.55. The largest absolute Gasteiger partial charge is 0.389 e. The highest BCUT2D eigenvalue weighted by molar-refractivity contribution is 5.29. The Morgan fingerprint density at radius 2 is 2.06 bits per heavy atom. The zero-order valence-electron chi connectivity index (χ0n) is 10.4. The number of likely N-dealkylation sites (N-methyl/N-ethyl adjacent to an activating group) is 1. The van der Waals surface area contributed by atoms with Crippen molar-refractivity contribution < 1.29 is 5.11 Å². The summed E-state index contributed by atoms with van der Waals surface area (Å²) in [6.07, 6.45) is 3.44. The second-order valence-corrected chi connectivity index (χ2v) is 4.63. The van der Waals surface area contributed by atoms with Crippen molar-refractivity contribution in [2.24, 2.45) is 0 Å². The van der Waals surface area contributed by atoms with Gasteiger partial charge in [0.05, 0.1) is 23.7 Å². The number of nitrogens with one attached hydrogen (secondary N) is 1. The minimum Gasteiger partial charge on any atom is -0.389 e. The van der Waals surface area contributed by atoms with Crippen LogP contribution in [0.3, 0.4) is 0 Å². The van der Waals surface area contributed by atoms with Crippen molar-refractivity contribution in [3.63, 3.8) is 0 Å². The average Bonchev–Trinajstić information content (AvgIpc) is 2.16. The van der Waals surface area contributed by atoms with Gasteiger partial charge in [-0.2, -0.15) is 0 Å². The standard InChI is InChI=1S/C11H20N4O/c1-11(2,16)8-15(4)7-9-5-14-10(12-3)6-13-9/h5-6,16H,7-8H2,1-4H3,(H,12,14). The fraction of sp³-hybridized carbons (Fsp3) is 0.636. The van der Waals surface area contributed by atoms with Gasteiger partial charge in [-0.15, -0.1) is 0 Å². The molecule has 0 aliphatic heterocycles. The molecule has 5 heteroatoms. The summed E-state index contributed by atoms with van der Waals surface area (Å²) >= 11 is 0. The predicted octanol–water partition coefficient (Wildman–Crippen LogP) is 0.721. The Morgan fingerprint density at radius 3 is 2.50 bits per heavy atom. The summed E-state index contributed by atoms with van der Waals surface area (Å²) in [6, 6.07) is 0. The molecule has 0 saturated heterocycles. The summed E-state index contributed by atoms with van der Waals surface area (Å²) in [4.78, 5) is 10.5. The third-order valence-electron chi connectivity index (χ3n) is 2.05. The molecule has 16 heavy (non-hydrogen) atoms. The maximum Gasteiger partial charge on any atom is 0.144 e. The van der Waals surface area contributed by atoms with E-state index in [0.717, 1.165) is 11.5 Å². The first-order valence-corrected chi connectivity index (χ1v) is 5.30. The fourth-order valence-electron chi connectivity index (χ4n) is 1.56. The van der Waals surface area contributed by atoms with Crippen LogP contribution in [-0.2, 0) is 6.54 Å². The zero-order valence-corrected chi connectivity index (χ0v) is 10.4. The van der Waals surface area contributed by atoms with Crippen LogP contribution in [-0.4, -0.2) is 46.2 Å². The highest BCUT2D eigenvalue weighted by atomic mass is 16.3. The van der Waals surface area contributed by atoms with Crippen LogP contribution in [0.1, 0.15) is 19.5 Å². The summed E-state index contributed by atoms with van der Waals surface area (Å²) in [5.74, 6) is 0.758. The highest BCUT2D eigenvalue weighted by Gasteiger charge is 2.15. The number of aliphatic hydroxyl groups is 1. The number of hydrogen-bond acceptors (Lipinski definition) is 5. The Balaban J connectivity index is 2.53. The first kappa shape index (κ1) is 12.9. The minimum absolute atomic E-state index is 0.600. The van der Waals surface area contributed by atoms with Crippen LogP contribution in [0.2, 0.25) is 0 Å². The van der Waals surface area contributed by atoms with Crippen molar-refractivity contribution in [3.05, 3.63) is 18.1 Å². The number of aromatic nitrogens is 2. The van der Waals surface area contributed by atoms with Crippen LogP contribution in [0, 0.1) is 0 Å². The summed E-state index contributed by atoms with van der Waals surface area (Å²) in [5, 5.41) is 12.6. The lowest BCUT2D eigenvalue weighted by atomic mass is 10.1. The molecule has 5 nitrogen and oxygen atoms in total. The lowest BCUT2D eigenvalue weighted by Gasteiger charge is -2.24. The van der Waals surface area contributed by atoms with E-state index in [9.17, 15) is 5.11 Å². The molecule has 0 atom stereocenters. The molecular formula is C11H20N4O. The van der Waals surface area contributed by atoms with Gasteiger partial charge in [-0.1, -0.05) is 0 Å². The van der Waals surface area contributed by atoms with Crippen LogP contribution in [0.4, 0.5) is 5.82 Å². The smallest absolute Gasteiger partial charge is 0.144 e. The Hall–Kier alpha value is -1.20. The number of rotatable bonds is 5. The van der Waals surface area contributed by atoms with Crippen molar-refractivity contribution in [3.8, 4) is 0 Å². The quantitative estimate of drug-likeness (QED) is 0.771. The molecule has 0 fully saturated rings. The second kappa shape index (κ2) is 5.23. The lowest BCUT2D eigenvalue weighted by Crippen LogP contribution is -2.36. The molecule has 0 bridgehead atoms. The topological polar surface area (TPSA) is 61.3 Å². The third-order valence-corrected chi connectivity index (χ3v) is 2.05. The molecule has 90 valence electrons. The Morgan fingerprint density at radius 1 is 1.38 bits per heavy atom. The summed E-state index contributed by atoms with van der Waals surface area (Å²) in [6.45, 7) is 4.86. The predicted molar refractivity (Wildman–Crippen MR) is 64.2 cm³/mol. The molecule has 0 aromatic carbocycles. The van der Waals surface area contributed by atoms with Crippen molar-refractivity contribution in [1.29, 1.82) is 0 Å². The van der Waals surface area contributed by atoms with Gasteiger partial charge in [-0.3, -0.25) is 9.88 Å². The normalized spacial score (nSPS) is 11.9. The van der Waals surface area contributed by atoms with Crippen molar-refractivity contribution in [2.75, 3.05) is 26.0 Å². The van der Waals surface area contributed by atoms with Crippen LogP contribution in [0.15, 0.2) is 12.4 Å². The lowest BCUT2D eigenvalue weighted by molar-refractivity contribution is 0.0421. The van der Waals surface area contributed by atoms with Crippen LogP contribution in [0.25, 0.3) is 0 Å². The van der Waals surface area contributed by atoms with E-state index in [1.165, 1.54) is 0 Å². The van der Waals surface area contributed by atoms with Gasteiger partial charge < -0.3 is 10.4 Å². The minimum atomic E-state index is -0.687. The Labute approximate surface area is 96.5 Å². The van der Waals surface area contributed by atoms with E-state index in [-0.39, 0.29) is 0 Å². The molecule has 0 spiro atoms. The van der Waals surface area contributed by atoms with Gasteiger partial charge in [0.15, 0.2) is 0 Å². The van der Waals surface area contributed by atoms with Crippen molar-refractivity contribution in [2.45, 2.75) is 26.0 Å². The van der Waals surface area contributed by atoms with Gasteiger partial charge >= 0.3 is 0 Å². The van der Waals surface area contributed by atoms with Gasteiger partial charge in [0.25, 0.3) is 0 Å².